The molecule has 2 aliphatic carbocycles. The number of hydrogen-bond donors (Lipinski definition) is 1. The summed E-state index contributed by atoms with van der Waals surface area (Å²) in [5.74, 6) is 0.596. The first-order chi connectivity index (χ1) is 9.41. The van der Waals surface area contributed by atoms with E-state index in [1.54, 1.807) is 0 Å². The number of aliphatic hydroxyl groups excluding tert-OH is 1. The van der Waals surface area contributed by atoms with E-state index in [1.165, 1.54) is 0 Å². The Morgan fingerprint density at radius 3 is 2.95 bits per heavy atom. The molecule has 2 unspecified atom stereocenters. The van der Waals surface area contributed by atoms with Gasteiger partial charge in [0.05, 0.1) is 12.0 Å². The molecule has 1 N–H and O–H groups in total. The molecule has 20 heavy (non-hydrogen) atoms. The van der Waals surface area contributed by atoms with Gasteiger partial charge in [-0.1, -0.05) is 25.2 Å². The maximum absolute atomic E-state index is 12.2. The molecule has 2 saturated carbocycles. The van der Waals surface area contributed by atoms with Gasteiger partial charge in [-0.05, 0) is 38.0 Å². The molecule has 0 aromatic rings. The molecule has 1 heterocycles. The number of aliphatic hydroxyl groups is 1. The molecule has 1 saturated heterocycles. The van der Waals surface area contributed by atoms with Crippen LogP contribution in [-0.4, -0.2) is 23.3 Å². The lowest BCUT2D eigenvalue weighted by atomic mass is 9.75. The molecular formula is C17H24O3. The van der Waals surface area contributed by atoms with Crippen LogP contribution in [0.4, 0.5) is 0 Å². The topological polar surface area (TPSA) is 46.5 Å². The molecular weight excluding hydrogens is 252 g/mol. The number of rotatable bonds is 5. The van der Waals surface area contributed by atoms with Crippen LogP contribution in [-0.2, 0) is 9.53 Å². The second-order valence-electron chi connectivity index (χ2n) is 7.09. The summed E-state index contributed by atoms with van der Waals surface area (Å²) in [5.41, 5.74) is 0.886. The smallest absolute Gasteiger partial charge is 0.309 e. The van der Waals surface area contributed by atoms with E-state index < -0.39 is 6.10 Å². The van der Waals surface area contributed by atoms with Crippen LogP contribution in [0.15, 0.2) is 24.8 Å². The summed E-state index contributed by atoms with van der Waals surface area (Å²) in [6, 6.07) is 0. The van der Waals surface area contributed by atoms with Crippen LogP contribution in [0.1, 0.15) is 33.1 Å². The molecule has 0 radical (unpaired) electrons. The second kappa shape index (κ2) is 4.45. The third kappa shape index (κ3) is 1.72. The van der Waals surface area contributed by atoms with Gasteiger partial charge in [-0.3, -0.25) is 4.79 Å². The Labute approximate surface area is 120 Å². The number of allylic oxidation sites excluding steroid dienone is 1. The highest BCUT2D eigenvalue weighted by molar-refractivity contribution is 5.76. The standard InChI is InChI=1S/C17H24O3/c1-5-6-7-10-12-13(14(18)9(2)3)11-8-17(11,4)15(12)20-16(10)19/h5,10-15,18H,1-2,6-8H2,3-4H3/t10-,11-,12-,13?,14?,15-,17-/m0/s1. The first kappa shape index (κ1) is 13.9. The van der Waals surface area contributed by atoms with Crippen LogP contribution < -0.4 is 0 Å². The van der Waals surface area contributed by atoms with Crippen LogP contribution in [0.3, 0.4) is 0 Å². The minimum Gasteiger partial charge on any atom is -0.461 e. The SMILES string of the molecule is C=CCC[C@@H]1C(=O)O[C@H]2[C@@H]1C(C(O)C(=C)C)[C@@H]1C[C@@]12C. The van der Waals surface area contributed by atoms with Crippen molar-refractivity contribution in [2.45, 2.75) is 45.3 Å². The molecule has 0 aromatic carbocycles. The number of hydrogen-bond acceptors (Lipinski definition) is 3. The third-order valence-corrected chi connectivity index (χ3v) is 5.82. The lowest BCUT2D eigenvalue weighted by Crippen LogP contribution is -2.34. The molecule has 0 amide bonds. The van der Waals surface area contributed by atoms with Gasteiger partial charge < -0.3 is 9.84 Å². The van der Waals surface area contributed by atoms with E-state index in [0.29, 0.717) is 5.92 Å². The highest BCUT2D eigenvalue weighted by atomic mass is 16.6. The highest BCUT2D eigenvalue weighted by Gasteiger charge is 2.74. The monoisotopic (exact) mass is 276 g/mol. The Balaban J connectivity index is 1.89. The zero-order chi connectivity index (χ0) is 14.7. The van der Waals surface area contributed by atoms with E-state index >= 15 is 0 Å². The largest absolute Gasteiger partial charge is 0.461 e. The predicted molar refractivity (Wildman–Crippen MR) is 76.8 cm³/mol. The number of esters is 1. The summed E-state index contributed by atoms with van der Waals surface area (Å²) in [6.07, 6.45) is 3.99. The first-order valence-corrected chi connectivity index (χ1v) is 7.56. The number of carbonyl (C=O) groups is 1. The predicted octanol–water partition coefficient (Wildman–Crippen LogP) is 2.70. The Morgan fingerprint density at radius 2 is 2.35 bits per heavy atom. The average Bonchev–Trinajstić information content (AvgIpc) is 2.86. The third-order valence-electron chi connectivity index (χ3n) is 5.82. The van der Waals surface area contributed by atoms with E-state index in [1.807, 2.05) is 13.0 Å². The van der Waals surface area contributed by atoms with Crippen LogP contribution in [0.25, 0.3) is 0 Å². The van der Waals surface area contributed by atoms with E-state index in [9.17, 15) is 9.90 Å². The van der Waals surface area contributed by atoms with Crippen molar-refractivity contribution in [2.75, 3.05) is 0 Å². The Morgan fingerprint density at radius 1 is 1.65 bits per heavy atom. The van der Waals surface area contributed by atoms with Gasteiger partial charge in [-0.15, -0.1) is 6.58 Å². The fourth-order valence-electron chi connectivity index (χ4n) is 4.66. The van der Waals surface area contributed by atoms with Crippen molar-refractivity contribution in [3.8, 4) is 0 Å². The summed E-state index contributed by atoms with van der Waals surface area (Å²) < 4.78 is 5.70. The normalized spacial score (nSPS) is 46.4. The molecule has 7 atom stereocenters. The molecule has 1 aliphatic heterocycles. The zero-order valence-electron chi connectivity index (χ0n) is 12.3. The van der Waals surface area contributed by atoms with Crippen LogP contribution in [0.2, 0.25) is 0 Å². The summed E-state index contributed by atoms with van der Waals surface area (Å²) >= 11 is 0. The van der Waals surface area contributed by atoms with Crippen molar-refractivity contribution in [2.24, 2.45) is 29.1 Å². The summed E-state index contributed by atoms with van der Waals surface area (Å²) in [6.45, 7) is 11.7. The molecule has 0 spiro atoms. The lowest BCUT2D eigenvalue weighted by molar-refractivity contribution is -0.146. The molecule has 110 valence electrons. The molecule has 3 fully saturated rings. The Bertz CT molecular complexity index is 469. The minimum atomic E-state index is -0.516. The van der Waals surface area contributed by atoms with Crippen molar-refractivity contribution in [1.82, 2.24) is 0 Å². The zero-order valence-corrected chi connectivity index (χ0v) is 12.3. The van der Waals surface area contributed by atoms with Gasteiger partial charge in [0.2, 0.25) is 0 Å². The van der Waals surface area contributed by atoms with Gasteiger partial charge in [0, 0.05) is 11.3 Å². The fraction of sp³-hybridized carbons (Fsp3) is 0.706. The van der Waals surface area contributed by atoms with Crippen molar-refractivity contribution in [3.05, 3.63) is 24.8 Å². The summed E-state index contributed by atoms with van der Waals surface area (Å²) in [7, 11) is 0. The molecule has 3 aliphatic rings. The molecule has 3 nitrogen and oxygen atoms in total. The van der Waals surface area contributed by atoms with Gasteiger partial charge in [-0.25, -0.2) is 0 Å². The Kier molecular flexibility index (Phi) is 3.09. The van der Waals surface area contributed by atoms with Gasteiger partial charge in [0.15, 0.2) is 0 Å². The van der Waals surface area contributed by atoms with E-state index in [0.717, 1.165) is 24.8 Å². The minimum absolute atomic E-state index is 0.00573. The first-order valence-electron chi connectivity index (χ1n) is 7.56. The summed E-state index contributed by atoms with van der Waals surface area (Å²) in [4.78, 5) is 12.2. The van der Waals surface area contributed by atoms with E-state index in [4.69, 9.17) is 4.74 Å². The molecule has 3 heteroatoms. The number of ether oxygens (including phenoxy) is 1. The maximum atomic E-state index is 12.2. The van der Waals surface area contributed by atoms with Crippen molar-refractivity contribution < 1.29 is 14.6 Å². The summed E-state index contributed by atoms with van der Waals surface area (Å²) in [5, 5.41) is 10.5. The van der Waals surface area contributed by atoms with Gasteiger partial charge in [0.25, 0.3) is 0 Å². The molecule has 0 aromatic heterocycles. The lowest BCUT2D eigenvalue weighted by Gasteiger charge is -2.29. The van der Waals surface area contributed by atoms with Gasteiger partial charge >= 0.3 is 5.97 Å². The van der Waals surface area contributed by atoms with E-state index in [-0.39, 0.29) is 35.2 Å². The quantitative estimate of drug-likeness (QED) is 0.620. The highest BCUT2D eigenvalue weighted by Crippen LogP contribution is 2.72. The fourth-order valence-corrected chi connectivity index (χ4v) is 4.66. The average molecular weight is 276 g/mol. The van der Waals surface area contributed by atoms with Gasteiger partial charge in [-0.2, -0.15) is 0 Å². The molecule has 3 rings (SSSR count). The van der Waals surface area contributed by atoms with Crippen molar-refractivity contribution >= 4 is 5.97 Å². The van der Waals surface area contributed by atoms with Crippen LogP contribution in [0, 0.1) is 29.1 Å². The molecule has 0 bridgehead atoms. The number of carbonyl (C=O) groups excluding carboxylic acids is 1. The second-order valence-corrected chi connectivity index (χ2v) is 7.09. The Hall–Kier alpha value is -1.09. The van der Waals surface area contributed by atoms with Crippen molar-refractivity contribution in [1.29, 1.82) is 0 Å². The van der Waals surface area contributed by atoms with Crippen LogP contribution >= 0.6 is 0 Å². The maximum Gasteiger partial charge on any atom is 0.309 e. The number of fused-ring (bicyclic) bond motifs is 3. The van der Waals surface area contributed by atoms with Gasteiger partial charge in [0.1, 0.15) is 6.10 Å². The van der Waals surface area contributed by atoms with Crippen molar-refractivity contribution in [3.63, 3.8) is 0 Å². The van der Waals surface area contributed by atoms with Crippen LogP contribution in [0.5, 0.6) is 0 Å². The van der Waals surface area contributed by atoms with E-state index in [2.05, 4.69) is 20.1 Å².